The molecule has 2 aromatic carbocycles. The molecule has 2 aliphatic rings. The number of rotatable bonds is 6. The number of methoxy groups -OCH3 is 1. The Hall–Kier alpha value is -3.11. The molecule has 0 unspecified atom stereocenters. The smallest absolute Gasteiger partial charge is 0.261 e. The lowest BCUT2D eigenvalue weighted by Gasteiger charge is -2.27. The Labute approximate surface area is 193 Å². The SMILES string of the molecule is COc1ccc(S(=O)(=O)Nc2ccccc2C(=O)N2CCOCC2)cc1C(=O)N1CCCC1. The molecule has 0 atom stereocenters. The van der Waals surface area contributed by atoms with Gasteiger partial charge in [0.15, 0.2) is 0 Å². The highest BCUT2D eigenvalue weighted by Crippen LogP contribution is 2.28. The van der Waals surface area contributed by atoms with Crippen LogP contribution < -0.4 is 9.46 Å². The first-order valence-electron chi connectivity index (χ1n) is 10.9. The summed E-state index contributed by atoms with van der Waals surface area (Å²) in [4.78, 5) is 29.2. The van der Waals surface area contributed by atoms with Gasteiger partial charge in [0.05, 0.1) is 42.0 Å². The lowest BCUT2D eigenvalue weighted by molar-refractivity contribution is 0.0303. The summed E-state index contributed by atoms with van der Waals surface area (Å²) in [5.41, 5.74) is 0.627. The Kier molecular flexibility index (Phi) is 6.85. The summed E-state index contributed by atoms with van der Waals surface area (Å²) in [7, 11) is -2.64. The molecule has 0 spiro atoms. The minimum Gasteiger partial charge on any atom is -0.496 e. The average Bonchev–Trinajstić information content (AvgIpc) is 3.38. The van der Waals surface area contributed by atoms with Crippen LogP contribution in [0.3, 0.4) is 0 Å². The molecular formula is C23H27N3O6S. The van der Waals surface area contributed by atoms with E-state index >= 15 is 0 Å². The molecule has 0 aliphatic carbocycles. The monoisotopic (exact) mass is 473 g/mol. The number of para-hydroxylation sites is 1. The van der Waals surface area contributed by atoms with Gasteiger partial charge in [0.2, 0.25) is 0 Å². The number of hydrogen-bond acceptors (Lipinski definition) is 6. The Morgan fingerprint density at radius 3 is 2.24 bits per heavy atom. The van der Waals surface area contributed by atoms with E-state index in [2.05, 4.69) is 4.72 Å². The van der Waals surface area contributed by atoms with Crippen molar-refractivity contribution in [1.82, 2.24) is 9.80 Å². The third-order valence-electron chi connectivity index (χ3n) is 5.81. The van der Waals surface area contributed by atoms with Gasteiger partial charge in [-0.25, -0.2) is 8.42 Å². The summed E-state index contributed by atoms with van der Waals surface area (Å²) in [5.74, 6) is -0.214. The summed E-state index contributed by atoms with van der Waals surface area (Å²) >= 11 is 0. The number of amides is 2. The van der Waals surface area contributed by atoms with Crippen LogP contribution in [0.5, 0.6) is 5.75 Å². The lowest BCUT2D eigenvalue weighted by Crippen LogP contribution is -2.41. The zero-order valence-corrected chi connectivity index (χ0v) is 19.3. The number of carbonyl (C=O) groups is 2. The standard InChI is InChI=1S/C23H27N3O6S/c1-31-21-9-8-17(16-19(21)23(28)25-10-4-5-11-25)33(29,30)24-20-7-3-2-6-18(20)22(27)26-12-14-32-15-13-26/h2-3,6-9,16,24H,4-5,10-15H2,1H3. The Balaban J connectivity index is 1.63. The fraction of sp³-hybridized carbons (Fsp3) is 0.391. The summed E-state index contributed by atoms with van der Waals surface area (Å²) in [5, 5.41) is 0. The van der Waals surface area contributed by atoms with Crippen molar-refractivity contribution in [3.8, 4) is 5.75 Å². The van der Waals surface area contributed by atoms with E-state index in [1.54, 1.807) is 34.1 Å². The first-order chi connectivity index (χ1) is 15.9. The maximum Gasteiger partial charge on any atom is 0.261 e. The summed E-state index contributed by atoms with van der Waals surface area (Å²) in [6.45, 7) is 3.04. The van der Waals surface area contributed by atoms with E-state index in [1.165, 1.54) is 25.3 Å². The van der Waals surface area contributed by atoms with Crippen molar-refractivity contribution < 1.29 is 27.5 Å². The molecule has 33 heavy (non-hydrogen) atoms. The molecule has 0 bridgehead atoms. The molecule has 2 aromatic rings. The van der Waals surface area contributed by atoms with Gasteiger partial charge in [0.1, 0.15) is 5.75 Å². The zero-order valence-electron chi connectivity index (χ0n) is 18.5. The molecule has 2 heterocycles. The van der Waals surface area contributed by atoms with Crippen molar-refractivity contribution in [2.45, 2.75) is 17.7 Å². The van der Waals surface area contributed by atoms with Gasteiger partial charge in [-0.15, -0.1) is 0 Å². The predicted molar refractivity (Wildman–Crippen MR) is 122 cm³/mol. The van der Waals surface area contributed by atoms with E-state index in [9.17, 15) is 18.0 Å². The summed E-state index contributed by atoms with van der Waals surface area (Å²) in [6, 6.07) is 10.7. The average molecular weight is 474 g/mol. The summed E-state index contributed by atoms with van der Waals surface area (Å²) < 4.78 is 39.6. The van der Waals surface area contributed by atoms with Crippen molar-refractivity contribution in [3.05, 3.63) is 53.6 Å². The third-order valence-corrected chi connectivity index (χ3v) is 7.17. The molecule has 0 radical (unpaired) electrons. The maximum atomic E-state index is 13.2. The van der Waals surface area contributed by atoms with Gasteiger partial charge in [-0.1, -0.05) is 12.1 Å². The van der Waals surface area contributed by atoms with Crippen molar-refractivity contribution in [2.75, 3.05) is 51.2 Å². The second kappa shape index (κ2) is 9.80. The Bertz CT molecular complexity index is 1140. The molecule has 0 saturated carbocycles. The van der Waals surface area contributed by atoms with Gasteiger partial charge in [-0.2, -0.15) is 0 Å². The van der Waals surface area contributed by atoms with Gasteiger partial charge in [0.25, 0.3) is 21.8 Å². The van der Waals surface area contributed by atoms with Crippen LogP contribution >= 0.6 is 0 Å². The fourth-order valence-corrected chi connectivity index (χ4v) is 5.12. The van der Waals surface area contributed by atoms with E-state index in [4.69, 9.17) is 9.47 Å². The van der Waals surface area contributed by atoms with Crippen LogP contribution in [0.1, 0.15) is 33.6 Å². The van der Waals surface area contributed by atoms with Crippen molar-refractivity contribution in [1.29, 1.82) is 0 Å². The molecular weight excluding hydrogens is 446 g/mol. The molecule has 2 fully saturated rings. The number of ether oxygens (including phenoxy) is 2. The number of likely N-dealkylation sites (tertiary alicyclic amines) is 1. The topological polar surface area (TPSA) is 105 Å². The minimum atomic E-state index is -4.08. The number of hydrogen-bond donors (Lipinski definition) is 1. The van der Waals surface area contributed by atoms with Gasteiger partial charge < -0.3 is 19.3 Å². The highest BCUT2D eigenvalue weighted by Gasteiger charge is 2.27. The molecule has 1 N–H and O–H groups in total. The Morgan fingerprint density at radius 2 is 1.55 bits per heavy atom. The molecule has 9 nitrogen and oxygen atoms in total. The first kappa shape index (κ1) is 23.1. The molecule has 2 amide bonds. The number of sulfonamides is 1. The molecule has 0 aromatic heterocycles. The maximum absolute atomic E-state index is 13.2. The molecule has 176 valence electrons. The van der Waals surface area contributed by atoms with Crippen molar-refractivity contribution in [3.63, 3.8) is 0 Å². The fourth-order valence-electron chi connectivity index (χ4n) is 4.01. The molecule has 2 saturated heterocycles. The van der Waals surface area contributed by atoms with E-state index in [1.807, 2.05) is 0 Å². The van der Waals surface area contributed by atoms with E-state index in [0.717, 1.165) is 12.8 Å². The summed E-state index contributed by atoms with van der Waals surface area (Å²) in [6.07, 6.45) is 1.84. The highest BCUT2D eigenvalue weighted by molar-refractivity contribution is 7.92. The molecule has 2 aliphatic heterocycles. The second-order valence-electron chi connectivity index (χ2n) is 7.92. The second-order valence-corrected chi connectivity index (χ2v) is 9.60. The zero-order chi connectivity index (χ0) is 23.4. The lowest BCUT2D eigenvalue weighted by atomic mass is 10.1. The number of nitrogens with zero attached hydrogens (tertiary/aromatic N) is 2. The third kappa shape index (κ3) is 4.96. The van der Waals surface area contributed by atoms with Crippen LogP contribution in [-0.2, 0) is 14.8 Å². The predicted octanol–water partition coefficient (Wildman–Crippen LogP) is 2.20. The quantitative estimate of drug-likeness (QED) is 0.690. The molecule has 4 rings (SSSR count). The minimum absolute atomic E-state index is 0.0838. The first-order valence-corrected chi connectivity index (χ1v) is 12.4. The number of morpholine rings is 1. The Morgan fingerprint density at radius 1 is 0.909 bits per heavy atom. The van der Waals surface area contributed by atoms with Crippen molar-refractivity contribution >= 4 is 27.5 Å². The molecule has 10 heteroatoms. The number of nitrogens with one attached hydrogen (secondary N) is 1. The largest absolute Gasteiger partial charge is 0.496 e. The van der Waals surface area contributed by atoms with Crippen molar-refractivity contribution in [2.24, 2.45) is 0 Å². The van der Waals surface area contributed by atoms with Gasteiger partial charge in [-0.3, -0.25) is 14.3 Å². The van der Waals surface area contributed by atoms with Crippen LogP contribution in [0.15, 0.2) is 47.4 Å². The van der Waals surface area contributed by atoms with Gasteiger partial charge >= 0.3 is 0 Å². The van der Waals surface area contributed by atoms with Crippen LogP contribution in [0, 0.1) is 0 Å². The van der Waals surface area contributed by atoms with Crippen LogP contribution in [0.25, 0.3) is 0 Å². The van der Waals surface area contributed by atoms with Gasteiger partial charge in [0, 0.05) is 26.2 Å². The number of anilines is 1. The van der Waals surface area contributed by atoms with Crippen LogP contribution in [0.4, 0.5) is 5.69 Å². The normalized spacial score (nSPS) is 16.5. The number of benzene rings is 2. The van der Waals surface area contributed by atoms with Crippen LogP contribution in [-0.4, -0.2) is 76.5 Å². The van der Waals surface area contributed by atoms with Crippen LogP contribution in [0.2, 0.25) is 0 Å². The van der Waals surface area contributed by atoms with E-state index in [0.29, 0.717) is 45.1 Å². The van der Waals surface area contributed by atoms with Gasteiger partial charge in [-0.05, 0) is 43.2 Å². The van der Waals surface area contributed by atoms with E-state index in [-0.39, 0.29) is 33.5 Å². The van der Waals surface area contributed by atoms with E-state index < -0.39 is 10.0 Å². The highest BCUT2D eigenvalue weighted by atomic mass is 32.2. The number of carbonyl (C=O) groups excluding carboxylic acids is 2.